The molecule has 4 heterocycles. The zero-order valence-electron chi connectivity index (χ0n) is 17.1. The van der Waals surface area contributed by atoms with Gasteiger partial charge in [-0.15, -0.1) is 0 Å². The molecule has 3 amide bonds. The van der Waals surface area contributed by atoms with Crippen molar-refractivity contribution in [2.75, 3.05) is 32.8 Å². The van der Waals surface area contributed by atoms with E-state index in [1.807, 2.05) is 4.90 Å². The number of carbonyl (C=O) groups is 2. The van der Waals surface area contributed by atoms with Crippen LogP contribution in [-0.2, 0) is 17.3 Å². The van der Waals surface area contributed by atoms with Gasteiger partial charge in [0.1, 0.15) is 17.8 Å². The van der Waals surface area contributed by atoms with E-state index in [0.717, 1.165) is 56.8 Å². The number of amides is 3. The van der Waals surface area contributed by atoms with Crippen LogP contribution in [0.3, 0.4) is 0 Å². The molecule has 1 aliphatic carbocycles. The number of likely N-dealkylation sites (tertiary alicyclic amines) is 2. The van der Waals surface area contributed by atoms with Crippen molar-refractivity contribution in [1.82, 2.24) is 20.1 Å². The van der Waals surface area contributed by atoms with Gasteiger partial charge in [0, 0.05) is 24.7 Å². The van der Waals surface area contributed by atoms with E-state index in [9.17, 15) is 22.8 Å². The van der Waals surface area contributed by atoms with Gasteiger partial charge in [0.05, 0.1) is 13.1 Å². The Morgan fingerprint density at radius 1 is 1.16 bits per heavy atom. The van der Waals surface area contributed by atoms with Crippen LogP contribution < -0.4 is 5.32 Å². The number of hydrogen-bond acceptors (Lipinski definition) is 4. The van der Waals surface area contributed by atoms with Crippen molar-refractivity contribution in [3.8, 4) is 0 Å². The third-order valence-electron chi connectivity index (χ3n) is 7.23. The number of nitrogens with one attached hydrogen (secondary N) is 1. The van der Waals surface area contributed by atoms with E-state index in [0.29, 0.717) is 25.6 Å². The number of carbonyl (C=O) groups excluding carboxylic acids is 2. The topological polar surface area (TPSA) is 74.8 Å². The minimum Gasteiger partial charge on any atom is -0.447 e. The average molecular weight is 438 g/mol. The van der Waals surface area contributed by atoms with Crippen molar-refractivity contribution >= 4 is 12.1 Å². The van der Waals surface area contributed by atoms with Crippen LogP contribution in [0.1, 0.15) is 36.9 Å². The summed E-state index contributed by atoms with van der Waals surface area (Å²) in [6.07, 6.45) is 1.35. The van der Waals surface area contributed by atoms with E-state index in [4.69, 9.17) is 4.74 Å². The van der Waals surface area contributed by atoms with E-state index in [-0.39, 0.29) is 11.4 Å². The average Bonchev–Trinajstić information content (AvgIpc) is 3.07. The van der Waals surface area contributed by atoms with Gasteiger partial charge in [0.15, 0.2) is 0 Å². The molecule has 0 aromatic carbocycles. The number of nitrogens with zero attached hydrogens (tertiary/aromatic N) is 3. The van der Waals surface area contributed by atoms with Crippen molar-refractivity contribution < 1.29 is 27.5 Å². The molecule has 4 aliphatic rings. The second-order valence-electron chi connectivity index (χ2n) is 9.67. The fourth-order valence-electron chi connectivity index (χ4n) is 5.44. The minimum atomic E-state index is -4.40. The molecule has 3 aliphatic heterocycles. The van der Waals surface area contributed by atoms with Crippen LogP contribution in [0.4, 0.5) is 22.8 Å². The lowest BCUT2D eigenvalue weighted by Crippen LogP contribution is -2.73. The van der Waals surface area contributed by atoms with Gasteiger partial charge in [-0.1, -0.05) is 6.07 Å². The SMILES string of the molecule is O=C1NC2(CO1)CN(C(=O)N1CC3(CCC(Cc4ccc(C(F)(F)F)nc4)CC3)C1)C2. The maximum Gasteiger partial charge on any atom is 0.433 e. The van der Waals surface area contributed by atoms with Crippen LogP contribution in [0.25, 0.3) is 0 Å². The number of ether oxygens (including phenoxy) is 1. The molecular weight excluding hydrogens is 413 g/mol. The first kappa shape index (κ1) is 20.4. The number of halogens is 3. The lowest BCUT2D eigenvalue weighted by Gasteiger charge is -2.56. The molecule has 168 valence electrons. The lowest BCUT2D eigenvalue weighted by molar-refractivity contribution is -0.141. The lowest BCUT2D eigenvalue weighted by atomic mass is 9.65. The van der Waals surface area contributed by atoms with E-state index in [1.54, 1.807) is 4.90 Å². The molecule has 2 spiro atoms. The Labute approximate surface area is 177 Å². The number of alkyl halides is 3. The number of pyridine rings is 1. The van der Waals surface area contributed by atoms with Gasteiger partial charge in [-0.2, -0.15) is 13.2 Å². The predicted octanol–water partition coefficient (Wildman–Crippen LogP) is 3.05. The second kappa shape index (κ2) is 7.00. The Morgan fingerprint density at radius 2 is 1.84 bits per heavy atom. The Bertz CT molecular complexity index is 867. The second-order valence-corrected chi connectivity index (χ2v) is 9.67. The third-order valence-corrected chi connectivity index (χ3v) is 7.23. The summed E-state index contributed by atoms with van der Waals surface area (Å²) in [4.78, 5) is 31.1. The summed E-state index contributed by atoms with van der Waals surface area (Å²) in [6.45, 7) is 2.81. The van der Waals surface area contributed by atoms with Crippen molar-refractivity contribution in [3.63, 3.8) is 0 Å². The van der Waals surface area contributed by atoms with Crippen molar-refractivity contribution in [1.29, 1.82) is 0 Å². The first-order chi connectivity index (χ1) is 14.7. The summed E-state index contributed by atoms with van der Waals surface area (Å²) in [5.41, 5.74) is -0.235. The standard InChI is InChI=1S/C21H25F3N4O3/c22-21(23,24)16-2-1-15(8-25-16)7-14-3-5-19(6-4-14)9-27(10-19)18(30)28-11-20(12-28)13-31-17(29)26-20/h1-2,8,14H,3-7,9-13H2,(H,26,29). The summed E-state index contributed by atoms with van der Waals surface area (Å²) in [7, 11) is 0. The van der Waals surface area contributed by atoms with E-state index in [2.05, 4.69) is 10.3 Å². The summed E-state index contributed by atoms with van der Waals surface area (Å²) in [5, 5.41) is 2.78. The third kappa shape index (κ3) is 3.80. The van der Waals surface area contributed by atoms with E-state index < -0.39 is 23.5 Å². The molecule has 1 N–H and O–H groups in total. The zero-order valence-corrected chi connectivity index (χ0v) is 17.1. The van der Waals surface area contributed by atoms with E-state index in [1.165, 1.54) is 12.3 Å². The molecule has 4 fully saturated rings. The molecule has 31 heavy (non-hydrogen) atoms. The van der Waals surface area contributed by atoms with Crippen molar-refractivity contribution in [2.45, 2.75) is 43.8 Å². The van der Waals surface area contributed by atoms with E-state index >= 15 is 0 Å². The Morgan fingerprint density at radius 3 is 2.39 bits per heavy atom. The van der Waals surface area contributed by atoms with Gasteiger partial charge < -0.3 is 19.9 Å². The number of cyclic esters (lactones) is 1. The maximum absolute atomic E-state index is 12.7. The molecule has 5 rings (SSSR count). The number of hydrogen-bond donors (Lipinski definition) is 1. The predicted molar refractivity (Wildman–Crippen MR) is 103 cm³/mol. The fourth-order valence-corrected chi connectivity index (χ4v) is 5.44. The summed E-state index contributed by atoms with van der Waals surface area (Å²) >= 11 is 0. The molecule has 1 saturated carbocycles. The highest BCUT2D eigenvalue weighted by Gasteiger charge is 2.54. The summed E-state index contributed by atoms with van der Waals surface area (Å²) < 4.78 is 42.9. The van der Waals surface area contributed by atoms with Gasteiger partial charge in [0.2, 0.25) is 0 Å². The van der Waals surface area contributed by atoms with Crippen LogP contribution in [0.15, 0.2) is 18.3 Å². The molecule has 7 nitrogen and oxygen atoms in total. The largest absolute Gasteiger partial charge is 0.447 e. The van der Waals surface area contributed by atoms with Crippen LogP contribution >= 0.6 is 0 Å². The summed E-state index contributed by atoms with van der Waals surface area (Å²) in [6, 6.07) is 2.61. The van der Waals surface area contributed by atoms with Gasteiger partial charge in [-0.3, -0.25) is 4.98 Å². The van der Waals surface area contributed by atoms with Gasteiger partial charge in [0.25, 0.3) is 0 Å². The first-order valence-corrected chi connectivity index (χ1v) is 10.7. The molecule has 1 aromatic rings. The zero-order chi connectivity index (χ0) is 21.9. The molecular formula is C21H25F3N4O3. The van der Waals surface area contributed by atoms with Crippen molar-refractivity contribution in [3.05, 3.63) is 29.6 Å². The van der Waals surface area contributed by atoms with Gasteiger partial charge in [-0.25, -0.2) is 9.59 Å². The Hall–Kier alpha value is -2.52. The molecule has 0 bridgehead atoms. The quantitative estimate of drug-likeness (QED) is 0.770. The molecule has 10 heteroatoms. The van der Waals surface area contributed by atoms with Crippen LogP contribution in [0.2, 0.25) is 0 Å². The molecule has 1 aromatic heterocycles. The van der Waals surface area contributed by atoms with Crippen LogP contribution in [-0.4, -0.2) is 65.2 Å². The van der Waals surface area contributed by atoms with Gasteiger partial charge >= 0.3 is 18.3 Å². The van der Waals surface area contributed by atoms with Gasteiger partial charge in [-0.05, 0) is 49.7 Å². The number of aromatic nitrogens is 1. The van der Waals surface area contributed by atoms with Crippen LogP contribution in [0, 0.1) is 11.3 Å². The Balaban J connectivity index is 1.06. The highest BCUT2D eigenvalue weighted by atomic mass is 19.4. The molecule has 0 radical (unpaired) electrons. The highest BCUT2D eigenvalue weighted by Crippen LogP contribution is 2.47. The smallest absolute Gasteiger partial charge is 0.433 e. The monoisotopic (exact) mass is 438 g/mol. The number of urea groups is 1. The first-order valence-electron chi connectivity index (χ1n) is 10.7. The highest BCUT2D eigenvalue weighted by molar-refractivity contribution is 5.78. The maximum atomic E-state index is 12.7. The molecule has 0 atom stereocenters. The fraction of sp³-hybridized carbons (Fsp3) is 0.667. The van der Waals surface area contributed by atoms with Crippen molar-refractivity contribution in [2.24, 2.45) is 11.3 Å². The summed E-state index contributed by atoms with van der Waals surface area (Å²) in [5.74, 6) is 0.440. The normalized spacial score (nSPS) is 24.5. The molecule has 3 saturated heterocycles. The van der Waals surface area contributed by atoms with Crippen LogP contribution in [0.5, 0.6) is 0 Å². The number of rotatable bonds is 2. The Kier molecular flexibility index (Phi) is 4.60. The molecule has 0 unspecified atom stereocenters. The minimum absolute atomic E-state index is 0.0235. The number of alkyl carbamates (subject to hydrolysis) is 1.